The molecule has 1 N–H and O–H groups in total. The minimum absolute atomic E-state index is 0.0464. The lowest BCUT2D eigenvalue weighted by atomic mass is 9.88. The summed E-state index contributed by atoms with van der Waals surface area (Å²) in [6, 6.07) is 6.72. The number of rotatable bonds is 5. The Morgan fingerprint density at radius 2 is 1.93 bits per heavy atom. The molecule has 1 aliphatic carbocycles. The summed E-state index contributed by atoms with van der Waals surface area (Å²) >= 11 is 8.06. The van der Waals surface area contributed by atoms with Crippen LogP contribution in [-0.4, -0.2) is 40.4 Å². The summed E-state index contributed by atoms with van der Waals surface area (Å²) in [4.78, 5) is 28.1. The van der Waals surface area contributed by atoms with Gasteiger partial charge >= 0.3 is 0 Å². The predicted molar refractivity (Wildman–Crippen MR) is 112 cm³/mol. The molecule has 2 amide bonds. The fourth-order valence-electron chi connectivity index (χ4n) is 3.97. The molecule has 0 radical (unpaired) electrons. The summed E-state index contributed by atoms with van der Waals surface area (Å²) in [5.41, 5.74) is 0.490. The molecule has 1 aromatic rings. The molecule has 0 bridgehead atoms. The van der Waals surface area contributed by atoms with E-state index in [9.17, 15) is 9.59 Å². The van der Waals surface area contributed by atoms with Crippen molar-refractivity contribution in [3.63, 3.8) is 0 Å². The van der Waals surface area contributed by atoms with Crippen molar-refractivity contribution in [1.29, 1.82) is 0 Å². The average Bonchev–Trinajstić information content (AvgIpc) is 3.12. The maximum Gasteiger partial charge on any atom is 0.256 e. The van der Waals surface area contributed by atoms with Gasteiger partial charge < -0.3 is 10.2 Å². The van der Waals surface area contributed by atoms with Crippen LogP contribution in [0.1, 0.15) is 56.3 Å². The standard InChI is InChI=1S/C21H29ClN2O2S/c1-14(2)12-23-19(25)18-13-27-21(15-8-4-3-5-9-15)24(18)20(26)16-10-6-7-11-17(16)22/h6-7,10-11,14-15,18,21H,3-5,8-9,12-13H2,1-2H3,(H,23,25)/t18-,21+/m1/s1. The highest BCUT2D eigenvalue weighted by Crippen LogP contribution is 2.41. The van der Waals surface area contributed by atoms with E-state index < -0.39 is 6.04 Å². The Kier molecular flexibility index (Phi) is 7.10. The summed E-state index contributed by atoms with van der Waals surface area (Å²) in [6.07, 6.45) is 5.94. The third kappa shape index (κ3) is 4.80. The number of amides is 2. The van der Waals surface area contributed by atoms with Gasteiger partial charge in [0.2, 0.25) is 5.91 Å². The van der Waals surface area contributed by atoms with Crippen LogP contribution in [0.25, 0.3) is 0 Å². The molecular formula is C21H29ClN2O2S. The lowest BCUT2D eigenvalue weighted by molar-refractivity contribution is -0.125. The molecule has 2 aliphatic rings. The van der Waals surface area contributed by atoms with Crippen LogP contribution in [0, 0.1) is 11.8 Å². The molecule has 2 fully saturated rings. The molecule has 1 heterocycles. The van der Waals surface area contributed by atoms with E-state index in [2.05, 4.69) is 19.2 Å². The van der Waals surface area contributed by atoms with Gasteiger partial charge in [0.15, 0.2) is 0 Å². The third-order valence-electron chi connectivity index (χ3n) is 5.41. The molecule has 3 rings (SSSR count). The van der Waals surface area contributed by atoms with Crippen LogP contribution in [0.15, 0.2) is 24.3 Å². The van der Waals surface area contributed by atoms with Gasteiger partial charge in [-0.05, 0) is 36.8 Å². The lowest BCUT2D eigenvalue weighted by Crippen LogP contribution is -2.52. The van der Waals surface area contributed by atoms with Gasteiger partial charge in [-0.15, -0.1) is 11.8 Å². The van der Waals surface area contributed by atoms with Crippen molar-refractivity contribution in [2.75, 3.05) is 12.3 Å². The number of carbonyl (C=O) groups is 2. The normalized spacial score (nSPS) is 23.6. The summed E-state index contributed by atoms with van der Waals surface area (Å²) in [5.74, 6) is 1.32. The van der Waals surface area contributed by atoms with Gasteiger partial charge in [0.05, 0.1) is 16.0 Å². The van der Waals surface area contributed by atoms with E-state index in [0.29, 0.717) is 34.7 Å². The molecular weight excluding hydrogens is 380 g/mol. The van der Waals surface area contributed by atoms with E-state index in [-0.39, 0.29) is 17.2 Å². The Morgan fingerprint density at radius 1 is 1.22 bits per heavy atom. The smallest absolute Gasteiger partial charge is 0.256 e. The van der Waals surface area contributed by atoms with Crippen LogP contribution in [-0.2, 0) is 4.79 Å². The largest absolute Gasteiger partial charge is 0.354 e. The molecule has 4 nitrogen and oxygen atoms in total. The van der Waals surface area contributed by atoms with Crippen LogP contribution < -0.4 is 5.32 Å². The molecule has 27 heavy (non-hydrogen) atoms. The molecule has 1 aromatic carbocycles. The van der Waals surface area contributed by atoms with E-state index in [1.807, 2.05) is 17.0 Å². The molecule has 1 saturated heterocycles. The Morgan fingerprint density at radius 3 is 2.59 bits per heavy atom. The van der Waals surface area contributed by atoms with E-state index in [0.717, 1.165) is 12.8 Å². The van der Waals surface area contributed by atoms with E-state index in [1.54, 1.807) is 23.9 Å². The second kappa shape index (κ2) is 9.33. The second-order valence-electron chi connectivity index (χ2n) is 7.97. The predicted octanol–water partition coefficient (Wildman–Crippen LogP) is 4.58. The van der Waals surface area contributed by atoms with Crippen molar-refractivity contribution >= 4 is 35.2 Å². The average molecular weight is 409 g/mol. The maximum atomic E-state index is 13.4. The zero-order chi connectivity index (χ0) is 19.4. The van der Waals surface area contributed by atoms with Crippen LogP contribution in [0.2, 0.25) is 5.02 Å². The van der Waals surface area contributed by atoms with Crippen LogP contribution >= 0.6 is 23.4 Å². The first-order valence-corrected chi connectivity index (χ1v) is 11.4. The van der Waals surface area contributed by atoms with Crippen molar-refractivity contribution < 1.29 is 9.59 Å². The number of benzene rings is 1. The van der Waals surface area contributed by atoms with E-state index >= 15 is 0 Å². The van der Waals surface area contributed by atoms with Crippen molar-refractivity contribution in [3.8, 4) is 0 Å². The number of thioether (sulfide) groups is 1. The van der Waals surface area contributed by atoms with Crippen molar-refractivity contribution in [2.24, 2.45) is 11.8 Å². The van der Waals surface area contributed by atoms with E-state index in [1.165, 1.54) is 19.3 Å². The number of nitrogens with one attached hydrogen (secondary N) is 1. The molecule has 0 aromatic heterocycles. The number of carbonyl (C=O) groups excluding carboxylic acids is 2. The number of halogens is 1. The monoisotopic (exact) mass is 408 g/mol. The summed E-state index contributed by atoms with van der Waals surface area (Å²) in [5, 5.41) is 3.53. The molecule has 148 valence electrons. The lowest BCUT2D eigenvalue weighted by Gasteiger charge is -2.35. The minimum atomic E-state index is -0.426. The minimum Gasteiger partial charge on any atom is -0.354 e. The van der Waals surface area contributed by atoms with Gasteiger partial charge in [0.1, 0.15) is 6.04 Å². The highest BCUT2D eigenvalue weighted by Gasteiger charge is 2.45. The zero-order valence-electron chi connectivity index (χ0n) is 16.1. The Hall–Kier alpha value is -1.20. The van der Waals surface area contributed by atoms with Crippen molar-refractivity contribution in [3.05, 3.63) is 34.9 Å². The number of hydrogen-bond donors (Lipinski definition) is 1. The molecule has 1 saturated carbocycles. The van der Waals surface area contributed by atoms with Crippen molar-refractivity contribution in [1.82, 2.24) is 10.2 Å². The van der Waals surface area contributed by atoms with Gasteiger partial charge in [-0.2, -0.15) is 0 Å². The maximum absolute atomic E-state index is 13.4. The van der Waals surface area contributed by atoms with Crippen LogP contribution in [0.3, 0.4) is 0 Å². The first-order chi connectivity index (χ1) is 13.0. The van der Waals surface area contributed by atoms with E-state index in [4.69, 9.17) is 11.6 Å². The SMILES string of the molecule is CC(C)CNC(=O)[C@H]1CS[C@@H](C2CCCCC2)N1C(=O)c1ccccc1Cl. The van der Waals surface area contributed by atoms with Gasteiger partial charge in [-0.1, -0.05) is 56.8 Å². The molecule has 0 unspecified atom stereocenters. The van der Waals surface area contributed by atoms with Gasteiger partial charge in [-0.3, -0.25) is 9.59 Å². The first-order valence-electron chi connectivity index (χ1n) is 9.95. The summed E-state index contributed by atoms with van der Waals surface area (Å²) in [7, 11) is 0. The highest BCUT2D eigenvalue weighted by atomic mass is 35.5. The van der Waals surface area contributed by atoms with Crippen LogP contribution in [0.4, 0.5) is 0 Å². The number of nitrogens with zero attached hydrogens (tertiary/aromatic N) is 1. The third-order valence-corrected chi connectivity index (χ3v) is 7.21. The Labute approximate surface area is 171 Å². The van der Waals surface area contributed by atoms with Gasteiger partial charge in [0, 0.05) is 12.3 Å². The topological polar surface area (TPSA) is 49.4 Å². The molecule has 2 atom stereocenters. The number of hydrogen-bond acceptors (Lipinski definition) is 3. The fourth-order valence-corrected chi connectivity index (χ4v) is 5.82. The highest BCUT2D eigenvalue weighted by molar-refractivity contribution is 8.00. The molecule has 6 heteroatoms. The molecule has 1 aliphatic heterocycles. The Balaban J connectivity index is 1.85. The Bertz CT molecular complexity index is 676. The van der Waals surface area contributed by atoms with Gasteiger partial charge in [0.25, 0.3) is 5.91 Å². The fraction of sp³-hybridized carbons (Fsp3) is 0.619. The van der Waals surface area contributed by atoms with Crippen LogP contribution in [0.5, 0.6) is 0 Å². The molecule has 0 spiro atoms. The summed E-state index contributed by atoms with van der Waals surface area (Å²) in [6.45, 7) is 4.77. The first kappa shape index (κ1) is 20.5. The quantitative estimate of drug-likeness (QED) is 0.775. The van der Waals surface area contributed by atoms with Crippen molar-refractivity contribution in [2.45, 2.75) is 57.4 Å². The summed E-state index contributed by atoms with van der Waals surface area (Å²) < 4.78 is 0. The second-order valence-corrected chi connectivity index (χ2v) is 9.53. The zero-order valence-corrected chi connectivity index (χ0v) is 17.7. The van der Waals surface area contributed by atoms with Gasteiger partial charge in [-0.25, -0.2) is 0 Å².